The van der Waals surface area contributed by atoms with E-state index in [1.165, 1.54) is 0 Å². The summed E-state index contributed by atoms with van der Waals surface area (Å²) < 4.78 is 10.8. The van der Waals surface area contributed by atoms with Crippen LogP contribution in [0.5, 0.6) is 5.75 Å². The lowest BCUT2D eigenvalue weighted by Gasteiger charge is -2.10. The average molecular weight is 247 g/mol. The first kappa shape index (κ1) is 12.6. The maximum atomic E-state index is 5.75. The minimum absolute atomic E-state index is 0.360. The van der Waals surface area contributed by atoms with Gasteiger partial charge in [-0.3, -0.25) is 4.98 Å². The number of hydrogen-bond acceptors (Lipinski definition) is 5. The van der Waals surface area contributed by atoms with Gasteiger partial charge in [-0.25, -0.2) is 0 Å². The number of pyridine rings is 1. The molecule has 0 saturated carbocycles. The third kappa shape index (κ3) is 2.51. The summed E-state index contributed by atoms with van der Waals surface area (Å²) in [6.07, 6.45) is 0. The van der Waals surface area contributed by atoms with Gasteiger partial charge < -0.3 is 15.0 Å². The van der Waals surface area contributed by atoms with Gasteiger partial charge in [-0.05, 0) is 32.9 Å². The molecule has 2 N–H and O–H groups in total. The molecule has 5 heteroatoms. The Morgan fingerprint density at radius 2 is 2.06 bits per heavy atom. The Bertz CT molecular complexity index is 530. The number of rotatable bonds is 4. The summed E-state index contributed by atoms with van der Waals surface area (Å²) >= 11 is 0. The van der Waals surface area contributed by atoms with Crippen molar-refractivity contribution in [2.24, 2.45) is 5.73 Å². The van der Waals surface area contributed by atoms with Crippen molar-refractivity contribution in [2.75, 3.05) is 0 Å². The summed E-state index contributed by atoms with van der Waals surface area (Å²) in [7, 11) is 0. The zero-order chi connectivity index (χ0) is 13.1. The van der Waals surface area contributed by atoms with Gasteiger partial charge in [0.25, 0.3) is 0 Å². The van der Waals surface area contributed by atoms with Gasteiger partial charge in [0.05, 0.1) is 17.0 Å². The lowest BCUT2D eigenvalue weighted by Crippen LogP contribution is -2.06. The highest BCUT2D eigenvalue weighted by atomic mass is 16.5. The Morgan fingerprint density at radius 1 is 1.28 bits per heavy atom. The number of ether oxygens (including phenoxy) is 1. The molecule has 96 valence electrons. The molecule has 0 atom stereocenters. The third-order valence-electron chi connectivity index (χ3n) is 2.82. The van der Waals surface area contributed by atoms with E-state index in [-0.39, 0.29) is 0 Å². The standard InChI is InChI=1S/C13H17N3O2/c1-8-4-5-13(12(6-14)15-8)17-7-11-9(2)16-18-10(11)3/h4-5H,6-7,14H2,1-3H3. The molecule has 0 aliphatic carbocycles. The van der Waals surface area contributed by atoms with Crippen LogP contribution in [0.1, 0.15) is 28.4 Å². The summed E-state index contributed by atoms with van der Waals surface area (Å²) in [5, 5.41) is 3.89. The number of hydrogen-bond donors (Lipinski definition) is 1. The third-order valence-corrected chi connectivity index (χ3v) is 2.82. The molecule has 2 aromatic heterocycles. The molecule has 0 aliphatic heterocycles. The van der Waals surface area contributed by atoms with E-state index >= 15 is 0 Å². The normalized spacial score (nSPS) is 10.7. The fourth-order valence-electron chi connectivity index (χ4n) is 1.73. The van der Waals surface area contributed by atoms with Gasteiger partial charge in [0.2, 0.25) is 0 Å². The van der Waals surface area contributed by atoms with Crippen molar-refractivity contribution in [3.63, 3.8) is 0 Å². The smallest absolute Gasteiger partial charge is 0.142 e. The first-order chi connectivity index (χ1) is 8.61. The predicted molar refractivity (Wildman–Crippen MR) is 67.2 cm³/mol. The van der Waals surface area contributed by atoms with Crippen molar-refractivity contribution in [3.8, 4) is 5.75 Å². The monoisotopic (exact) mass is 247 g/mol. The second-order valence-corrected chi connectivity index (χ2v) is 4.19. The van der Waals surface area contributed by atoms with Crippen LogP contribution in [-0.2, 0) is 13.2 Å². The average Bonchev–Trinajstić information content (AvgIpc) is 2.68. The van der Waals surface area contributed by atoms with Crippen LogP contribution in [0.2, 0.25) is 0 Å². The molecule has 0 saturated heterocycles. The number of aryl methyl sites for hydroxylation is 3. The zero-order valence-corrected chi connectivity index (χ0v) is 10.9. The molecule has 0 bridgehead atoms. The van der Waals surface area contributed by atoms with Crippen LogP contribution < -0.4 is 10.5 Å². The highest BCUT2D eigenvalue weighted by Crippen LogP contribution is 2.20. The van der Waals surface area contributed by atoms with E-state index < -0.39 is 0 Å². The Labute approximate surface area is 106 Å². The van der Waals surface area contributed by atoms with Crippen LogP contribution in [-0.4, -0.2) is 10.1 Å². The quantitative estimate of drug-likeness (QED) is 0.894. The Morgan fingerprint density at radius 3 is 2.67 bits per heavy atom. The molecular formula is C13H17N3O2. The predicted octanol–water partition coefficient (Wildman–Crippen LogP) is 2.03. The van der Waals surface area contributed by atoms with E-state index in [0.29, 0.717) is 18.9 Å². The first-order valence-corrected chi connectivity index (χ1v) is 5.83. The maximum Gasteiger partial charge on any atom is 0.142 e. The minimum atomic E-state index is 0.360. The van der Waals surface area contributed by atoms with E-state index in [4.69, 9.17) is 15.0 Å². The molecule has 0 spiro atoms. The van der Waals surface area contributed by atoms with E-state index in [0.717, 1.165) is 28.4 Å². The van der Waals surface area contributed by atoms with Crippen molar-refractivity contribution in [3.05, 3.63) is 40.5 Å². The van der Waals surface area contributed by atoms with Crippen LogP contribution in [0.25, 0.3) is 0 Å². The Kier molecular flexibility index (Phi) is 3.62. The topological polar surface area (TPSA) is 74.2 Å². The number of nitrogens with two attached hydrogens (primary N) is 1. The maximum absolute atomic E-state index is 5.75. The second-order valence-electron chi connectivity index (χ2n) is 4.19. The van der Waals surface area contributed by atoms with Crippen LogP contribution in [0.15, 0.2) is 16.7 Å². The molecule has 0 unspecified atom stereocenters. The van der Waals surface area contributed by atoms with Gasteiger partial charge >= 0.3 is 0 Å². The fraction of sp³-hybridized carbons (Fsp3) is 0.385. The molecule has 18 heavy (non-hydrogen) atoms. The molecule has 5 nitrogen and oxygen atoms in total. The molecule has 2 rings (SSSR count). The van der Waals surface area contributed by atoms with Gasteiger partial charge in [0.15, 0.2) is 0 Å². The van der Waals surface area contributed by atoms with Gasteiger partial charge in [-0.1, -0.05) is 5.16 Å². The molecule has 0 fully saturated rings. The summed E-state index contributed by atoms with van der Waals surface area (Å²) in [5.41, 5.74) is 9.17. The highest BCUT2D eigenvalue weighted by Gasteiger charge is 2.11. The van der Waals surface area contributed by atoms with Crippen LogP contribution in [0.3, 0.4) is 0 Å². The van der Waals surface area contributed by atoms with Gasteiger partial charge in [-0.15, -0.1) is 0 Å². The first-order valence-electron chi connectivity index (χ1n) is 5.83. The van der Waals surface area contributed by atoms with Crippen molar-refractivity contribution in [2.45, 2.75) is 33.9 Å². The summed E-state index contributed by atoms with van der Waals surface area (Å²) in [6.45, 7) is 6.47. The van der Waals surface area contributed by atoms with E-state index in [9.17, 15) is 0 Å². The van der Waals surface area contributed by atoms with Crippen molar-refractivity contribution < 1.29 is 9.26 Å². The minimum Gasteiger partial charge on any atom is -0.487 e. The molecule has 0 radical (unpaired) electrons. The van der Waals surface area contributed by atoms with E-state index in [1.807, 2.05) is 32.9 Å². The highest BCUT2D eigenvalue weighted by molar-refractivity contribution is 5.30. The number of nitrogens with zero attached hydrogens (tertiary/aromatic N) is 2. The molecule has 2 heterocycles. The van der Waals surface area contributed by atoms with Crippen molar-refractivity contribution in [1.29, 1.82) is 0 Å². The molecule has 0 aromatic carbocycles. The SMILES string of the molecule is Cc1ccc(OCc2c(C)noc2C)c(CN)n1. The lowest BCUT2D eigenvalue weighted by molar-refractivity contribution is 0.297. The Hall–Kier alpha value is -1.88. The van der Waals surface area contributed by atoms with E-state index in [1.54, 1.807) is 0 Å². The van der Waals surface area contributed by atoms with Crippen LogP contribution >= 0.6 is 0 Å². The second kappa shape index (κ2) is 5.18. The van der Waals surface area contributed by atoms with Crippen LogP contribution in [0.4, 0.5) is 0 Å². The van der Waals surface area contributed by atoms with E-state index in [2.05, 4.69) is 10.1 Å². The largest absolute Gasteiger partial charge is 0.487 e. The fourth-order valence-corrected chi connectivity index (χ4v) is 1.73. The van der Waals surface area contributed by atoms with Crippen molar-refractivity contribution >= 4 is 0 Å². The summed E-state index contributed by atoms with van der Waals surface area (Å²) in [5.74, 6) is 1.49. The number of aromatic nitrogens is 2. The summed E-state index contributed by atoms with van der Waals surface area (Å²) in [6, 6.07) is 3.80. The molecule has 0 amide bonds. The van der Waals surface area contributed by atoms with Crippen LogP contribution in [0, 0.1) is 20.8 Å². The lowest BCUT2D eigenvalue weighted by atomic mass is 10.2. The van der Waals surface area contributed by atoms with Gasteiger partial charge in [-0.2, -0.15) is 0 Å². The van der Waals surface area contributed by atoms with Gasteiger partial charge in [0.1, 0.15) is 18.1 Å². The Balaban J connectivity index is 2.15. The zero-order valence-electron chi connectivity index (χ0n) is 10.9. The molecular weight excluding hydrogens is 230 g/mol. The molecule has 0 aliphatic rings. The molecule has 2 aromatic rings. The summed E-state index contributed by atoms with van der Waals surface area (Å²) in [4.78, 5) is 4.35. The van der Waals surface area contributed by atoms with Gasteiger partial charge in [0, 0.05) is 12.2 Å². The van der Waals surface area contributed by atoms with Crippen molar-refractivity contribution in [1.82, 2.24) is 10.1 Å².